The number of rotatable bonds is 7. The molecule has 0 saturated heterocycles. The van der Waals surface area contributed by atoms with Crippen molar-refractivity contribution in [1.29, 1.82) is 0 Å². The third kappa shape index (κ3) is 4.17. The Labute approximate surface area is 116 Å². The molecule has 106 valence electrons. The molecule has 0 aliphatic carbocycles. The van der Waals surface area contributed by atoms with Crippen LogP contribution in [0.3, 0.4) is 0 Å². The highest BCUT2D eigenvalue weighted by Gasteiger charge is 2.03. The normalized spacial score (nSPS) is 10.3. The molecule has 0 bridgehead atoms. The number of aromatic nitrogens is 2. The molecule has 20 heavy (non-hydrogen) atoms. The lowest BCUT2D eigenvalue weighted by Crippen LogP contribution is -2.07. The molecule has 0 aliphatic heterocycles. The zero-order valence-corrected chi connectivity index (χ0v) is 11.2. The van der Waals surface area contributed by atoms with E-state index in [-0.39, 0.29) is 5.82 Å². The van der Waals surface area contributed by atoms with Gasteiger partial charge in [-0.15, -0.1) is 0 Å². The van der Waals surface area contributed by atoms with Crippen LogP contribution in [0, 0.1) is 5.82 Å². The zero-order chi connectivity index (χ0) is 14.2. The van der Waals surface area contributed by atoms with Crippen molar-refractivity contribution in [3.63, 3.8) is 0 Å². The SMILES string of the molecule is COCCOc1cc(NCc2ccccc2F)ncn1. The molecule has 2 rings (SSSR count). The van der Waals surface area contributed by atoms with Crippen LogP contribution in [0.25, 0.3) is 0 Å². The van der Waals surface area contributed by atoms with E-state index in [2.05, 4.69) is 15.3 Å². The molecule has 0 fully saturated rings. The molecule has 6 heteroatoms. The molecule has 1 aromatic carbocycles. The lowest BCUT2D eigenvalue weighted by Gasteiger charge is -2.08. The van der Waals surface area contributed by atoms with Crippen molar-refractivity contribution in [2.24, 2.45) is 0 Å². The monoisotopic (exact) mass is 277 g/mol. The average Bonchev–Trinajstić information content (AvgIpc) is 2.47. The van der Waals surface area contributed by atoms with E-state index in [1.165, 1.54) is 12.4 Å². The average molecular weight is 277 g/mol. The molecule has 0 unspecified atom stereocenters. The number of nitrogens with one attached hydrogen (secondary N) is 1. The number of anilines is 1. The molecule has 1 aromatic heterocycles. The third-order valence-corrected chi connectivity index (χ3v) is 2.60. The van der Waals surface area contributed by atoms with Crippen molar-refractivity contribution >= 4 is 5.82 Å². The molecular formula is C14H16FN3O2. The Kier molecular flexibility index (Phi) is 5.25. The number of ether oxygens (including phenoxy) is 2. The van der Waals surface area contributed by atoms with E-state index in [0.29, 0.717) is 37.0 Å². The first-order chi connectivity index (χ1) is 9.79. The number of methoxy groups -OCH3 is 1. The van der Waals surface area contributed by atoms with Crippen LogP contribution in [0.2, 0.25) is 0 Å². The van der Waals surface area contributed by atoms with Gasteiger partial charge in [0.25, 0.3) is 0 Å². The number of nitrogens with zero attached hydrogens (tertiary/aromatic N) is 2. The van der Waals surface area contributed by atoms with Crippen LogP contribution in [-0.2, 0) is 11.3 Å². The minimum absolute atomic E-state index is 0.245. The van der Waals surface area contributed by atoms with Crippen molar-refractivity contribution in [2.75, 3.05) is 25.6 Å². The number of halogens is 1. The summed E-state index contributed by atoms with van der Waals surface area (Å²) in [5.41, 5.74) is 0.577. The first-order valence-corrected chi connectivity index (χ1v) is 6.20. The van der Waals surface area contributed by atoms with Crippen LogP contribution in [0.4, 0.5) is 10.2 Å². The number of hydrogen-bond acceptors (Lipinski definition) is 5. The maximum atomic E-state index is 13.5. The Balaban J connectivity index is 1.93. The summed E-state index contributed by atoms with van der Waals surface area (Å²) in [6.07, 6.45) is 1.39. The third-order valence-electron chi connectivity index (χ3n) is 2.60. The summed E-state index contributed by atoms with van der Waals surface area (Å²) in [5, 5.41) is 3.03. The fraction of sp³-hybridized carbons (Fsp3) is 0.286. The highest BCUT2D eigenvalue weighted by atomic mass is 19.1. The van der Waals surface area contributed by atoms with Crippen LogP contribution in [0.1, 0.15) is 5.56 Å². The molecule has 1 heterocycles. The second-order valence-corrected chi connectivity index (χ2v) is 4.03. The van der Waals surface area contributed by atoms with E-state index in [1.54, 1.807) is 31.4 Å². The van der Waals surface area contributed by atoms with Crippen molar-refractivity contribution in [3.8, 4) is 5.88 Å². The molecule has 1 N–H and O–H groups in total. The first-order valence-electron chi connectivity index (χ1n) is 6.20. The summed E-state index contributed by atoms with van der Waals surface area (Å²) < 4.78 is 23.7. The van der Waals surface area contributed by atoms with Gasteiger partial charge in [0.2, 0.25) is 5.88 Å². The quantitative estimate of drug-likeness (QED) is 0.787. The van der Waals surface area contributed by atoms with Gasteiger partial charge in [-0.25, -0.2) is 14.4 Å². The van der Waals surface area contributed by atoms with E-state index in [9.17, 15) is 4.39 Å². The van der Waals surface area contributed by atoms with Gasteiger partial charge < -0.3 is 14.8 Å². The molecule has 0 radical (unpaired) electrons. The van der Waals surface area contributed by atoms with Crippen LogP contribution in [0.5, 0.6) is 5.88 Å². The van der Waals surface area contributed by atoms with E-state index < -0.39 is 0 Å². The van der Waals surface area contributed by atoms with E-state index in [4.69, 9.17) is 9.47 Å². The molecule has 5 nitrogen and oxygen atoms in total. The van der Waals surface area contributed by atoms with Crippen LogP contribution < -0.4 is 10.1 Å². The smallest absolute Gasteiger partial charge is 0.218 e. The van der Waals surface area contributed by atoms with E-state index in [0.717, 1.165) is 0 Å². The van der Waals surface area contributed by atoms with Gasteiger partial charge in [-0.3, -0.25) is 0 Å². The zero-order valence-electron chi connectivity index (χ0n) is 11.2. The largest absolute Gasteiger partial charge is 0.475 e. The Morgan fingerprint density at radius 3 is 2.85 bits per heavy atom. The highest BCUT2D eigenvalue weighted by Crippen LogP contribution is 2.13. The standard InChI is InChI=1S/C14H16FN3O2/c1-19-6-7-20-14-8-13(17-10-18-14)16-9-11-4-2-3-5-12(11)15/h2-5,8,10H,6-7,9H2,1H3,(H,16,17,18). The van der Waals surface area contributed by atoms with Crippen molar-refractivity contribution in [3.05, 3.63) is 48.0 Å². The maximum absolute atomic E-state index is 13.5. The van der Waals surface area contributed by atoms with E-state index in [1.807, 2.05) is 0 Å². The molecule has 0 amide bonds. The molecule has 2 aromatic rings. The van der Waals surface area contributed by atoms with Crippen molar-refractivity contribution < 1.29 is 13.9 Å². The summed E-state index contributed by atoms with van der Waals surface area (Å²) >= 11 is 0. The van der Waals surface area contributed by atoms with Gasteiger partial charge in [-0.1, -0.05) is 18.2 Å². The predicted molar refractivity (Wildman–Crippen MR) is 73.1 cm³/mol. The Hall–Kier alpha value is -2.21. The minimum Gasteiger partial charge on any atom is -0.475 e. The summed E-state index contributed by atoms with van der Waals surface area (Å²) in [5.74, 6) is 0.786. The molecule has 0 spiro atoms. The number of benzene rings is 1. The van der Waals surface area contributed by atoms with Gasteiger partial charge >= 0.3 is 0 Å². The fourth-order valence-corrected chi connectivity index (χ4v) is 1.57. The summed E-state index contributed by atoms with van der Waals surface area (Å²) in [7, 11) is 1.60. The fourth-order valence-electron chi connectivity index (χ4n) is 1.57. The Morgan fingerprint density at radius 1 is 1.20 bits per heavy atom. The van der Waals surface area contributed by atoms with Crippen LogP contribution in [0.15, 0.2) is 36.7 Å². The summed E-state index contributed by atoms with van der Waals surface area (Å²) in [6, 6.07) is 8.26. The van der Waals surface area contributed by atoms with Gasteiger partial charge in [-0.2, -0.15) is 0 Å². The van der Waals surface area contributed by atoms with Crippen LogP contribution >= 0.6 is 0 Å². The number of hydrogen-bond donors (Lipinski definition) is 1. The minimum atomic E-state index is -0.245. The van der Waals surface area contributed by atoms with Gasteiger partial charge in [0.1, 0.15) is 24.6 Å². The van der Waals surface area contributed by atoms with Gasteiger partial charge in [-0.05, 0) is 6.07 Å². The second-order valence-electron chi connectivity index (χ2n) is 4.03. The summed E-state index contributed by atoms with van der Waals surface area (Å²) in [6.45, 7) is 1.25. The van der Waals surface area contributed by atoms with Crippen LogP contribution in [-0.4, -0.2) is 30.3 Å². The predicted octanol–water partition coefficient (Wildman–Crippen LogP) is 2.25. The topological polar surface area (TPSA) is 56.3 Å². The molecule has 0 saturated carbocycles. The lowest BCUT2D eigenvalue weighted by molar-refractivity contribution is 0.143. The Morgan fingerprint density at radius 2 is 2.05 bits per heavy atom. The van der Waals surface area contributed by atoms with Crippen molar-refractivity contribution in [2.45, 2.75) is 6.54 Å². The first kappa shape index (κ1) is 14.2. The van der Waals surface area contributed by atoms with Gasteiger partial charge in [0, 0.05) is 25.3 Å². The Bertz CT molecular complexity index is 551. The summed E-state index contributed by atoms with van der Waals surface area (Å²) in [4.78, 5) is 8.04. The van der Waals surface area contributed by atoms with Crippen molar-refractivity contribution in [1.82, 2.24) is 9.97 Å². The maximum Gasteiger partial charge on any atom is 0.218 e. The van der Waals surface area contributed by atoms with Gasteiger partial charge in [0.15, 0.2) is 0 Å². The molecule has 0 atom stereocenters. The van der Waals surface area contributed by atoms with Gasteiger partial charge in [0.05, 0.1) is 6.61 Å². The van der Waals surface area contributed by atoms with E-state index >= 15 is 0 Å². The molecule has 0 aliphatic rings. The highest BCUT2D eigenvalue weighted by molar-refractivity contribution is 5.38. The molecular weight excluding hydrogens is 261 g/mol. The lowest BCUT2D eigenvalue weighted by atomic mass is 10.2. The second kappa shape index (κ2) is 7.40.